The first-order valence-electron chi connectivity index (χ1n) is 8.56. The Morgan fingerprint density at radius 2 is 1.96 bits per heavy atom. The van der Waals surface area contributed by atoms with Gasteiger partial charge in [-0.1, -0.05) is 18.2 Å². The number of amides is 1. The van der Waals surface area contributed by atoms with Crippen LogP contribution in [0.3, 0.4) is 0 Å². The zero-order valence-electron chi connectivity index (χ0n) is 15.1. The summed E-state index contributed by atoms with van der Waals surface area (Å²) in [5.41, 5.74) is 2.31. The molecule has 0 aliphatic rings. The van der Waals surface area contributed by atoms with Crippen LogP contribution in [0.25, 0.3) is 16.8 Å². The molecule has 0 fully saturated rings. The average molecular weight is 375 g/mol. The van der Waals surface area contributed by atoms with Gasteiger partial charge in [0.05, 0.1) is 7.11 Å². The van der Waals surface area contributed by atoms with Crippen LogP contribution in [0.4, 0.5) is 5.95 Å². The maximum Gasteiger partial charge on any atom is 0.264 e. The first-order valence-corrected chi connectivity index (χ1v) is 8.56. The van der Waals surface area contributed by atoms with E-state index in [0.717, 1.165) is 11.1 Å². The van der Waals surface area contributed by atoms with Crippen LogP contribution in [-0.4, -0.2) is 39.2 Å². The summed E-state index contributed by atoms with van der Waals surface area (Å²) in [6.45, 7) is -0.127. The number of anilines is 1. The highest BCUT2D eigenvalue weighted by atomic mass is 16.5. The van der Waals surface area contributed by atoms with Crippen LogP contribution in [0.15, 0.2) is 67.0 Å². The van der Waals surface area contributed by atoms with Crippen LogP contribution in [0.5, 0.6) is 11.6 Å². The molecule has 0 radical (unpaired) electrons. The first kappa shape index (κ1) is 17.5. The number of methoxy groups -OCH3 is 1. The van der Waals surface area contributed by atoms with Gasteiger partial charge in [-0.15, -0.1) is 5.10 Å². The maximum absolute atomic E-state index is 12.1. The molecular weight excluding hydrogens is 358 g/mol. The van der Waals surface area contributed by atoms with E-state index in [2.05, 4.69) is 20.4 Å². The van der Waals surface area contributed by atoms with Crippen LogP contribution in [0.1, 0.15) is 0 Å². The Balaban J connectivity index is 1.49. The molecule has 8 heteroatoms. The van der Waals surface area contributed by atoms with E-state index < -0.39 is 0 Å². The zero-order valence-corrected chi connectivity index (χ0v) is 15.1. The molecule has 0 aliphatic heterocycles. The smallest absolute Gasteiger partial charge is 0.264 e. The van der Waals surface area contributed by atoms with Gasteiger partial charge in [0, 0.05) is 23.5 Å². The van der Waals surface area contributed by atoms with Crippen LogP contribution in [0.2, 0.25) is 0 Å². The summed E-state index contributed by atoms with van der Waals surface area (Å²) in [6, 6.07) is 16.6. The molecule has 3 heterocycles. The van der Waals surface area contributed by atoms with E-state index in [4.69, 9.17) is 9.47 Å². The fourth-order valence-corrected chi connectivity index (χ4v) is 2.69. The minimum Gasteiger partial charge on any atom is -0.484 e. The molecule has 1 N–H and O–H groups in total. The molecule has 0 aliphatic carbocycles. The third-order valence-corrected chi connectivity index (χ3v) is 3.97. The van der Waals surface area contributed by atoms with Gasteiger partial charge in [-0.3, -0.25) is 10.1 Å². The van der Waals surface area contributed by atoms with Crippen molar-refractivity contribution in [1.82, 2.24) is 19.6 Å². The molecule has 0 saturated heterocycles. The van der Waals surface area contributed by atoms with Gasteiger partial charge in [-0.05, 0) is 36.4 Å². The molecule has 1 amide bonds. The molecule has 1 aromatic carbocycles. The molecule has 3 aromatic heterocycles. The minimum atomic E-state index is -0.339. The second kappa shape index (κ2) is 7.75. The summed E-state index contributed by atoms with van der Waals surface area (Å²) in [6.07, 6.45) is 3.47. The summed E-state index contributed by atoms with van der Waals surface area (Å²) < 4.78 is 12.3. The number of hydrogen-bond donors (Lipinski definition) is 1. The molecule has 0 atom stereocenters. The maximum atomic E-state index is 12.1. The number of fused-ring (bicyclic) bond motifs is 1. The average Bonchev–Trinajstić information content (AvgIpc) is 3.14. The normalized spacial score (nSPS) is 10.6. The minimum absolute atomic E-state index is 0.127. The van der Waals surface area contributed by atoms with Crippen LogP contribution in [-0.2, 0) is 4.79 Å². The highest BCUT2D eigenvalue weighted by Crippen LogP contribution is 2.27. The number of nitrogens with one attached hydrogen (secondary N) is 1. The van der Waals surface area contributed by atoms with Crippen molar-refractivity contribution in [3.05, 3.63) is 67.0 Å². The summed E-state index contributed by atoms with van der Waals surface area (Å²) in [5.74, 6) is 1.01. The van der Waals surface area contributed by atoms with E-state index >= 15 is 0 Å². The van der Waals surface area contributed by atoms with Gasteiger partial charge in [0.1, 0.15) is 5.75 Å². The number of ether oxygens (including phenoxy) is 2. The third kappa shape index (κ3) is 3.75. The Morgan fingerprint density at radius 3 is 2.79 bits per heavy atom. The molecule has 4 aromatic rings. The Hall–Kier alpha value is -3.94. The molecule has 0 unspecified atom stereocenters. The van der Waals surface area contributed by atoms with Crippen molar-refractivity contribution in [1.29, 1.82) is 0 Å². The molecule has 0 bridgehead atoms. The Bertz CT molecular complexity index is 1110. The molecule has 4 rings (SSSR count). The molecule has 0 spiro atoms. The fourth-order valence-electron chi connectivity index (χ4n) is 2.69. The third-order valence-electron chi connectivity index (χ3n) is 3.97. The SMILES string of the molecule is COc1ncccc1-c1ccc2nc(NC(=O)COc3ccccc3)nn2c1. The van der Waals surface area contributed by atoms with E-state index in [0.29, 0.717) is 17.3 Å². The lowest BCUT2D eigenvalue weighted by atomic mass is 10.1. The van der Waals surface area contributed by atoms with E-state index in [1.807, 2.05) is 42.5 Å². The summed E-state index contributed by atoms with van der Waals surface area (Å²) in [7, 11) is 1.57. The first-order chi connectivity index (χ1) is 13.7. The zero-order chi connectivity index (χ0) is 19.3. The number of benzene rings is 1. The number of hydrogen-bond acceptors (Lipinski definition) is 6. The predicted molar refractivity (Wildman–Crippen MR) is 103 cm³/mol. The van der Waals surface area contributed by atoms with Gasteiger partial charge >= 0.3 is 0 Å². The standard InChI is InChI=1S/C20H17N5O3/c1-27-19-16(8-5-11-21-19)14-9-10-17-22-20(24-25(17)12-14)23-18(26)13-28-15-6-3-2-4-7-15/h2-12H,13H2,1H3,(H,23,24,26). The number of carbonyl (C=O) groups excluding carboxylic acids is 1. The Labute approximate surface area is 160 Å². The quantitative estimate of drug-likeness (QED) is 0.557. The predicted octanol–water partition coefficient (Wildman–Crippen LogP) is 2.82. The van der Waals surface area contributed by atoms with Crippen molar-refractivity contribution in [2.24, 2.45) is 0 Å². The number of nitrogens with zero attached hydrogens (tertiary/aromatic N) is 4. The highest BCUT2D eigenvalue weighted by molar-refractivity contribution is 5.90. The second-order valence-corrected chi connectivity index (χ2v) is 5.87. The molecule has 0 saturated carbocycles. The largest absolute Gasteiger partial charge is 0.484 e. The van der Waals surface area contributed by atoms with Gasteiger partial charge < -0.3 is 9.47 Å². The molecule has 28 heavy (non-hydrogen) atoms. The van der Waals surface area contributed by atoms with Gasteiger partial charge in [-0.2, -0.15) is 4.98 Å². The molecule has 8 nitrogen and oxygen atoms in total. The topological polar surface area (TPSA) is 90.6 Å². The van der Waals surface area contributed by atoms with Crippen molar-refractivity contribution in [3.8, 4) is 22.8 Å². The van der Waals surface area contributed by atoms with E-state index in [1.165, 1.54) is 0 Å². The fraction of sp³-hybridized carbons (Fsp3) is 0.100. The van der Waals surface area contributed by atoms with Crippen molar-refractivity contribution in [2.75, 3.05) is 19.0 Å². The van der Waals surface area contributed by atoms with E-state index in [-0.39, 0.29) is 18.5 Å². The van der Waals surface area contributed by atoms with Crippen molar-refractivity contribution < 1.29 is 14.3 Å². The lowest BCUT2D eigenvalue weighted by molar-refractivity contribution is -0.118. The second-order valence-electron chi connectivity index (χ2n) is 5.87. The summed E-state index contributed by atoms with van der Waals surface area (Å²) in [4.78, 5) is 20.6. The molecular formula is C20H17N5O3. The lowest BCUT2D eigenvalue weighted by Crippen LogP contribution is -2.20. The van der Waals surface area contributed by atoms with Crippen molar-refractivity contribution in [3.63, 3.8) is 0 Å². The van der Waals surface area contributed by atoms with Crippen molar-refractivity contribution in [2.45, 2.75) is 0 Å². The molecule has 140 valence electrons. The van der Waals surface area contributed by atoms with Crippen molar-refractivity contribution >= 4 is 17.5 Å². The van der Waals surface area contributed by atoms with Gasteiger partial charge in [0.25, 0.3) is 5.91 Å². The Kier molecular flexibility index (Phi) is 4.83. The van der Waals surface area contributed by atoms with Gasteiger partial charge in [-0.25, -0.2) is 9.50 Å². The van der Waals surface area contributed by atoms with Gasteiger partial charge in [0.2, 0.25) is 11.8 Å². The van der Waals surface area contributed by atoms with E-state index in [1.54, 1.807) is 36.2 Å². The number of rotatable bonds is 6. The number of carbonyl (C=O) groups is 1. The number of para-hydroxylation sites is 1. The monoisotopic (exact) mass is 375 g/mol. The van der Waals surface area contributed by atoms with Gasteiger partial charge in [0.15, 0.2) is 12.3 Å². The summed E-state index contributed by atoms with van der Waals surface area (Å²) >= 11 is 0. The number of pyridine rings is 2. The number of aromatic nitrogens is 4. The highest BCUT2D eigenvalue weighted by Gasteiger charge is 2.11. The Morgan fingerprint density at radius 1 is 1.11 bits per heavy atom. The van der Waals surface area contributed by atoms with Crippen LogP contribution < -0.4 is 14.8 Å². The van der Waals surface area contributed by atoms with Crippen LogP contribution in [0, 0.1) is 0 Å². The lowest BCUT2D eigenvalue weighted by Gasteiger charge is -2.06. The summed E-state index contributed by atoms with van der Waals surface area (Å²) in [5, 5.41) is 6.95. The van der Waals surface area contributed by atoms with E-state index in [9.17, 15) is 4.79 Å². The van der Waals surface area contributed by atoms with Crippen LogP contribution >= 0.6 is 0 Å².